The molecule has 0 bridgehead atoms. The fourth-order valence-corrected chi connectivity index (χ4v) is 3.85. The zero-order valence-corrected chi connectivity index (χ0v) is 17.5. The van der Waals surface area contributed by atoms with Crippen LogP contribution < -0.4 is 15.4 Å². The number of nitrogens with zero attached hydrogens (tertiary/aromatic N) is 4. The van der Waals surface area contributed by atoms with E-state index in [1.807, 2.05) is 18.2 Å². The van der Waals surface area contributed by atoms with Gasteiger partial charge in [-0.3, -0.25) is 10.3 Å². The van der Waals surface area contributed by atoms with Crippen molar-refractivity contribution in [1.82, 2.24) is 14.9 Å². The molecule has 1 saturated heterocycles. The lowest BCUT2D eigenvalue weighted by molar-refractivity contribution is 0.199. The molecule has 7 nitrogen and oxygen atoms in total. The smallest absolute Gasteiger partial charge is 0.132 e. The van der Waals surface area contributed by atoms with Crippen LogP contribution in [0.3, 0.4) is 0 Å². The highest BCUT2D eigenvalue weighted by molar-refractivity contribution is 6.13. The van der Waals surface area contributed by atoms with E-state index in [9.17, 15) is 0 Å². The number of piperazine rings is 1. The summed E-state index contributed by atoms with van der Waals surface area (Å²) < 4.78 is 6.05. The Morgan fingerprint density at radius 2 is 2.10 bits per heavy atom. The number of ether oxygens (including phenoxy) is 1. The van der Waals surface area contributed by atoms with Gasteiger partial charge in [-0.25, -0.2) is 9.97 Å². The van der Waals surface area contributed by atoms with Gasteiger partial charge in [0.25, 0.3) is 0 Å². The van der Waals surface area contributed by atoms with Crippen molar-refractivity contribution < 1.29 is 6.16 Å². The lowest BCUT2D eigenvalue weighted by atomic mass is 10.0. The fourth-order valence-electron chi connectivity index (χ4n) is 3.85. The van der Waals surface area contributed by atoms with Gasteiger partial charge in [-0.15, -0.1) is 0 Å². The minimum Gasteiger partial charge on any atom is -0.488 e. The van der Waals surface area contributed by atoms with Gasteiger partial charge in [-0.1, -0.05) is 6.92 Å². The van der Waals surface area contributed by atoms with Crippen LogP contribution >= 0.6 is 0 Å². The largest absolute Gasteiger partial charge is 0.488 e. The molecule has 2 aromatic rings. The summed E-state index contributed by atoms with van der Waals surface area (Å²) in [7, 11) is 0. The number of benzene rings is 1. The second-order valence-electron chi connectivity index (χ2n) is 8.36. The molecule has 2 aliphatic rings. The molecular weight excluding hydrogens is 364 g/mol. The summed E-state index contributed by atoms with van der Waals surface area (Å²) in [5, 5.41) is 8.71. The maximum absolute atomic E-state index is 8.71. The molecular formula is C22H32N6O. The van der Waals surface area contributed by atoms with Gasteiger partial charge in [-0.05, 0) is 51.4 Å². The first-order valence-electron chi connectivity index (χ1n) is 10.4. The first kappa shape index (κ1) is 19.6. The zero-order chi connectivity index (χ0) is 20.6. The molecule has 2 fully saturated rings. The third-order valence-electron chi connectivity index (χ3n) is 6.02. The molecule has 0 amide bonds. The van der Waals surface area contributed by atoms with Crippen LogP contribution in [0, 0.1) is 5.41 Å². The Hall–Kier alpha value is -2.67. The van der Waals surface area contributed by atoms with Crippen LogP contribution in [0.15, 0.2) is 30.6 Å². The van der Waals surface area contributed by atoms with Crippen molar-refractivity contribution in [3.8, 4) is 5.75 Å². The number of nitrogens with two attached hydrogens (primary N) is 1. The molecule has 1 aromatic heterocycles. The Labute approximate surface area is 173 Å². The van der Waals surface area contributed by atoms with Gasteiger partial charge >= 0.3 is 0 Å². The third-order valence-corrected chi connectivity index (χ3v) is 6.02. The van der Waals surface area contributed by atoms with Gasteiger partial charge in [0.2, 0.25) is 0 Å². The quantitative estimate of drug-likeness (QED) is 0.576. The van der Waals surface area contributed by atoms with Gasteiger partial charge in [-0.2, -0.15) is 0 Å². The van der Waals surface area contributed by atoms with Gasteiger partial charge in [0, 0.05) is 44.4 Å². The maximum atomic E-state index is 8.71. The van der Waals surface area contributed by atoms with Crippen molar-refractivity contribution in [1.29, 1.82) is 5.41 Å². The van der Waals surface area contributed by atoms with Crippen LogP contribution in [0.2, 0.25) is 0 Å². The van der Waals surface area contributed by atoms with E-state index in [0.717, 1.165) is 50.6 Å². The molecule has 29 heavy (non-hydrogen) atoms. The molecule has 0 unspecified atom stereocenters. The molecule has 3 N–H and O–H groups in total. The summed E-state index contributed by atoms with van der Waals surface area (Å²) >= 11 is 0. The predicted molar refractivity (Wildman–Crippen MR) is 118 cm³/mol. The van der Waals surface area contributed by atoms with E-state index in [-0.39, 0.29) is 12.7 Å². The Morgan fingerprint density at radius 3 is 2.79 bits per heavy atom. The minimum absolute atomic E-state index is 0. The van der Waals surface area contributed by atoms with Crippen molar-refractivity contribution >= 4 is 17.2 Å². The number of aromatic nitrogens is 2. The van der Waals surface area contributed by atoms with E-state index >= 15 is 0 Å². The van der Waals surface area contributed by atoms with E-state index in [4.69, 9.17) is 15.9 Å². The average Bonchev–Trinajstić information content (AvgIpc) is 3.45. The van der Waals surface area contributed by atoms with E-state index in [1.165, 1.54) is 6.33 Å². The second-order valence-corrected chi connectivity index (χ2v) is 8.36. The second kappa shape index (κ2) is 7.63. The molecule has 1 saturated carbocycles. The van der Waals surface area contributed by atoms with Gasteiger partial charge in [0.15, 0.2) is 0 Å². The lowest BCUT2D eigenvalue weighted by Crippen LogP contribution is -2.52. The Kier molecular flexibility index (Phi) is 5.17. The van der Waals surface area contributed by atoms with Gasteiger partial charge in [0.1, 0.15) is 23.5 Å². The number of nitrogen functional groups attached to an aromatic ring is 1. The van der Waals surface area contributed by atoms with Crippen molar-refractivity contribution in [3.05, 3.63) is 41.9 Å². The van der Waals surface area contributed by atoms with E-state index in [2.05, 4.69) is 40.5 Å². The fraction of sp³-hybridized carbons (Fsp3) is 0.500. The first-order valence-corrected chi connectivity index (χ1v) is 10.4. The summed E-state index contributed by atoms with van der Waals surface area (Å²) in [6.45, 7) is 10.5. The SMILES string of the molecule is CCN1CCN(c2cc(C(=N)c3cc(OC4(C)CC4)ccc3N)ncn2)C[C@H]1C.[HH]. The molecule has 1 aliphatic heterocycles. The van der Waals surface area contributed by atoms with Crippen LogP contribution in [0.1, 0.15) is 46.3 Å². The maximum Gasteiger partial charge on any atom is 0.132 e. The molecule has 0 radical (unpaired) electrons. The lowest BCUT2D eigenvalue weighted by Gasteiger charge is -2.39. The van der Waals surface area contributed by atoms with Gasteiger partial charge in [0.05, 0.1) is 11.4 Å². The highest BCUT2D eigenvalue weighted by Gasteiger charge is 2.40. The normalized spacial score (nSPS) is 21.1. The van der Waals surface area contributed by atoms with Crippen LogP contribution in [0.5, 0.6) is 5.75 Å². The van der Waals surface area contributed by atoms with E-state index < -0.39 is 0 Å². The Bertz CT molecular complexity index is 916. The van der Waals surface area contributed by atoms with Crippen LogP contribution in [-0.2, 0) is 0 Å². The number of anilines is 2. The standard InChI is InChI=1S/C22H30N6O.H2/c1-4-27-9-10-28(13-15(27)2)20-12-19(25-14-26-20)21(24)17-11-16(5-6-18(17)23)29-22(3)7-8-22;/h5-6,11-12,14-15,24H,4,7-10,13,23H2,1-3H3;1H/t15-;/m1./s1. The highest BCUT2D eigenvalue weighted by atomic mass is 16.5. The molecule has 1 atom stereocenters. The van der Waals surface area contributed by atoms with Gasteiger partial charge < -0.3 is 15.4 Å². The number of hydrogen-bond donors (Lipinski definition) is 2. The zero-order valence-electron chi connectivity index (χ0n) is 17.5. The highest BCUT2D eigenvalue weighted by Crippen LogP contribution is 2.40. The van der Waals surface area contributed by atoms with Crippen LogP contribution in [0.25, 0.3) is 0 Å². The predicted octanol–water partition coefficient (Wildman–Crippen LogP) is 3.18. The summed E-state index contributed by atoms with van der Waals surface area (Å²) in [6.07, 6.45) is 3.66. The molecule has 156 valence electrons. The van der Waals surface area contributed by atoms with Crippen LogP contribution in [-0.4, -0.2) is 58.4 Å². The Morgan fingerprint density at radius 1 is 1.31 bits per heavy atom. The summed E-state index contributed by atoms with van der Waals surface area (Å²) in [4.78, 5) is 13.5. The topological polar surface area (TPSA) is 91.4 Å². The molecule has 2 heterocycles. The van der Waals surface area contributed by atoms with E-state index in [0.29, 0.717) is 23.0 Å². The monoisotopic (exact) mass is 396 g/mol. The molecule has 7 heteroatoms. The number of rotatable bonds is 6. The van der Waals surface area contributed by atoms with Crippen molar-refractivity contribution in [2.75, 3.05) is 36.8 Å². The molecule has 1 aliphatic carbocycles. The summed E-state index contributed by atoms with van der Waals surface area (Å²) in [6, 6.07) is 7.89. The molecule has 1 aromatic carbocycles. The van der Waals surface area contributed by atoms with Crippen LogP contribution in [0.4, 0.5) is 11.5 Å². The van der Waals surface area contributed by atoms with Crippen molar-refractivity contribution in [3.63, 3.8) is 0 Å². The Balaban J connectivity index is 0.00000256. The summed E-state index contributed by atoms with van der Waals surface area (Å²) in [5.41, 5.74) is 8.16. The molecule has 0 spiro atoms. The molecule has 4 rings (SSSR count). The average molecular weight is 397 g/mol. The third kappa shape index (κ3) is 4.19. The van der Waals surface area contributed by atoms with Crippen molar-refractivity contribution in [2.24, 2.45) is 0 Å². The first-order chi connectivity index (χ1) is 13.9. The number of likely N-dealkylation sites (N-methyl/N-ethyl adjacent to an activating group) is 1. The number of nitrogens with one attached hydrogen (secondary N) is 1. The van der Waals surface area contributed by atoms with E-state index in [1.54, 1.807) is 6.07 Å². The van der Waals surface area contributed by atoms with Crippen molar-refractivity contribution in [2.45, 2.75) is 45.3 Å². The minimum atomic E-state index is -0.0744. The summed E-state index contributed by atoms with van der Waals surface area (Å²) in [5.74, 6) is 1.61. The number of hydrogen-bond acceptors (Lipinski definition) is 7.